The molecule has 4 aromatic rings. The van der Waals surface area contributed by atoms with E-state index in [1.165, 1.54) is 0 Å². The molecule has 1 amide bonds. The van der Waals surface area contributed by atoms with Gasteiger partial charge in [0.1, 0.15) is 11.6 Å². The number of nitrogens with zero attached hydrogens (tertiary/aromatic N) is 5. The molecule has 2 aromatic heterocycles. The number of hydrogen-bond donors (Lipinski definition) is 1. The maximum Gasteiger partial charge on any atom is 0.281 e. The van der Waals surface area contributed by atoms with E-state index in [0.29, 0.717) is 49.7 Å². The van der Waals surface area contributed by atoms with Gasteiger partial charge in [-0.05, 0) is 43.0 Å². The molecule has 0 spiro atoms. The Bertz CT molecular complexity index is 1360. The maximum absolute atomic E-state index is 12.6. The largest absolute Gasteiger partial charge is 0.484 e. The molecular formula is C25H26N6O3. The molecule has 174 valence electrons. The summed E-state index contributed by atoms with van der Waals surface area (Å²) in [5, 5.41) is 8.17. The number of carbonyl (C=O) groups is 1. The van der Waals surface area contributed by atoms with Gasteiger partial charge in [-0.1, -0.05) is 47.7 Å². The molecule has 0 radical (unpaired) electrons. The van der Waals surface area contributed by atoms with Gasteiger partial charge in [0, 0.05) is 19.0 Å². The molecule has 5 rings (SSSR count). The zero-order chi connectivity index (χ0) is 23.5. The number of carbonyl (C=O) groups excluding carboxylic acids is 1. The Balaban J connectivity index is 1.25. The van der Waals surface area contributed by atoms with E-state index in [1.54, 1.807) is 4.68 Å². The molecule has 34 heavy (non-hydrogen) atoms. The van der Waals surface area contributed by atoms with Crippen LogP contribution < -0.4 is 10.3 Å². The smallest absolute Gasteiger partial charge is 0.281 e. The summed E-state index contributed by atoms with van der Waals surface area (Å²) in [4.78, 5) is 34.7. The van der Waals surface area contributed by atoms with Gasteiger partial charge in [0.25, 0.3) is 11.5 Å². The van der Waals surface area contributed by atoms with E-state index >= 15 is 0 Å². The highest BCUT2D eigenvalue weighted by Gasteiger charge is 2.26. The summed E-state index contributed by atoms with van der Waals surface area (Å²) < 4.78 is 7.32. The van der Waals surface area contributed by atoms with Crippen molar-refractivity contribution in [3.05, 3.63) is 81.9 Å². The fraction of sp³-hybridized carbons (Fsp3) is 0.320. The molecule has 0 atom stereocenters. The van der Waals surface area contributed by atoms with E-state index in [-0.39, 0.29) is 29.5 Å². The first-order valence-corrected chi connectivity index (χ1v) is 11.4. The van der Waals surface area contributed by atoms with Crippen LogP contribution in [0.4, 0.5) is 0 Å². The Kier molecular flexibility index (Phi) is 6.07. The summed E-state index contributed by atoms with van der Waals surface area (Å²) in [5.74, 6) is 1.33. The lowest BCUT2D eigenvalue weighted by molar-refractivity contribution is -0.134. The van der Waals surface area contributed by atoms with Crippen LogP contribution in [0, 0.1) is 6.92 Å². The fourth-order valence-electron chi connectivity index (χ4n) is 4.28. The molecule has 1 fully saturated rings. The lowest BCUT2D eigenvalue weighted by atomic mass is 9.96. The topological polar surface area (TPSA) is 106 Å². The molecule has 9 heteroatoms. The van der Waals surface area contributed by atoms with Gasteiger partial charge in [-0.15, -0.1) is 5.10 Å². The first-order chi connectivity index (χ1) is 16.6. The molecule has 0 saturated carbocycles. The summed E-state index contributed by atoms with van der Waals surface area (Å²) in [5.41, 5.74) is 2.57. The predicted molar refractivity (Wildman–Crippen MR) is 127 cm³/mol. The molecule has 1 aliphatic heterocycles. The Labute approximate surface area is 196 Å². The quantitative estimate of drug-likeness (QED) is 0.476. The van der Waals surface area contributed by atoms with E-state index in [2.05, 4.69) is 15.3 Å². The summed E-state index contributed by atoms with van der Waals surface area (Å²) in [6.45, 7) is 3.66. The molecule has 0 bridgehead atoms. The summed E-state index contributed by atoms with van der Waals surface area (Å²) in [6, 6.07) is 17.5. The zero-order valence-corrected chi connectivity index (χ0v) is 19.0. The molecule has 1 saturated heterocycles. The van der Waals surface area contributed by atoms with Gasteiger partial charge in [0.2, 0.25) is 0 Å². The Hall–Kier alpha value is -4.01. The third kappa shape index (κ3) is 4.68. The number of hydrogen-bond acceptors (Lipinski definition) is 6. The van der Waals surface area contributed by atoms with Crippen LogP contribution in [0.1, 0.15) is 35.7 Å². The van der Waals surface area contributed by atoms with Crippen molar-refractivity contribution in [3.63, 3.8) is 0 Å². The van der Waals surface area contributed by atoms with Crippen molar-refractivity contribution >= 4 is 17.1 Å². The van der Waals surface area contributed by atoms with Crippen molar-refractivity contribution in [2.45, 2.75) is 32.2 Å². The highest BCUT2D eigenvalue weighted by molar-refractivity contribution is 5.78. The predicted octanol–water partition coefficient (Wildman–Crippen LogP) is 2.66. The number of fused-ring (bicyclic) bond motifs is 1. The van der Waals surface area contributed by atoms with Crippen LogP contribution in [-0.2, 0) is 11.3 Å². The second-order valence-electron chi connectivity index (χ2n) is 8.62. The standard InChI is InChI=1S/C25H26N6O3/c1-17-6-5-9-20(14-17)34-16-21(32)30-12-10-19(11-13-30)23-26-24-22(25(33)27-23)28-29-31(24)15-18-7-3-2-4-8-18/h2-9,14,19H,10-13,15-16H2,1H3,(H,26,27,33). The molecule has 1 N–H and O–H groups in total. The Morgan fingerprint density at radius 3 is 2.68 bits per heavy atom. The van der Waals surface area contributed by atoms with E-state index in [9.17, 15) is 9.59 Å². The van der Waals surface area contributed by atoms with E-state index < -0.39 is 0 Å². The van der Waals surface area contributed by atoms with Crippen LogP contribution in [0.3, 0.4) is 0 Å². The molecular weight excluding hydrogens is 432 g/mol. The first kappa shape index (κ1) is 21.8. The fourth-order valence-corrected chi connectivity index (χ4v) is 4.28. The van der Waals surface area contributed by atoms with Gasteiger partial charge in [0.05, 0.1) is 6.54 Å². The van der Waals surface area contributed by atoms with Crippen LogP contribution in [0.2, 0.25) is 0 Å². The maximum atomic E-state index is 12.6. The van der Waals surface area contributed by atoms with Crippen LogP contribution >= 0.6 is 0 Å². The lowest BCUT2D eigenvalue weighted by Gasteiger charge is -2.31. The van der Waals surface area contributed by atoms with Crippen molar-refractivity contribution in [1.82, 2.24) is 29.9 Å². The highest BCUT2D eigenvalue weighted by Crippen LogP contribution is 2.26. The highest BCUT2D eigenvalue weighted by atomic mass is 16.5. The summed E-state index contributed by atoms with van der Waals surface area (Å²) in [7, 11) is 0. The third-order valence-electron chi connectivity index (χ3n) is 6.15. The first-order valence-electron chi connectivity index (χ1n) is 11.4. The second kappa shape index (κ2) is 9.46. The minimum absolute atomic E-state index is 0.0134. The number of amides is 1. The van der Waals surface area contributed by atoms with Crippen LogP contribution in [0.5, 0.6) is 5.75 Å². The number of H-pyrrole nitrogens is 1. The van der Waals surface area contributed by atoms with E-state index in [0.717, 1.165) is 11.1 Å². The van der Waals surface area contributed by atoms with Crippen LogP contribution in [0.15, 0.2) is 59.4 Å². The van der Waals surface area contributed by atoms with Crippen molar-refractivity contribution in [1.29, 1.82) is 0 Å². The molecule has 0 aliphatic carbocycles. The molecule has 9 nitrogen and oxygen atoms in total. The van der Waals surface area contributed by atoms with Crippen LogP contribution in [0.25, 0.3) is 11.2 Å². The van der Waals surface area contributed by atoms with E-state index in [4.69, 9.17) is 9.72 Å². The number of piperidine rings is 1. The number of nitrogens with one attached hydrogen (secondary N) is 1. The minimum Gasteiger partial charge on any atom is -0.484 e. The zero-order valence-electron chi connectivity index (χ0n) is 19.0. The minimum atomic E-state index is -0.288. The third-order valence-corrected chi connectivity index (χ3v) is 6.15. The van der Waals surface area contributed by atoms with Crippen molar-refractivity contribution in [3.8, 4) is 5.75 Å². The molecule has 0 unspecified atom stereocenters. The number of benzene rings is 2. The normalized spacial score (nSPS) is 14.4. The average Bonchev–Trinajstić information content (AvgIpc) is 3.26. The lowest BCUT2D eigenvalue weighted by Crippen LogP contribution is -2.41. The van der Waals surface area contributed by atoms with Gasteiger partial charge in [0.15, 0.2) is 17.8 Å². The average molecular weight is 459 g/mol. The van der Waals surface area contributed by atoms with E-state index in [1.807, 2.05) is 66.4 Å². The van der Waals surface area contributed by atoms with Crippen molar-refractivity contribution in [2.24, 2.45) is 0 Å². The number of rotatable bonds is 6. The number of likely N-dealkylation sites (tertiary alicyclic amines) is 1. The Morgan fingerprint density at radius 2 is 1.91 bits per heavy atom. The Morgan fingerprint density at radius 1 is 1.12 bits per heavy atom. The van der Waals surface area contributed by atoms with Gasteiger partial charge in [-0.3, -0.25) is 9.59 Å². The number of ether oxygens (including phenoxy) is 1. The number of aromatic amines is 1. The van der Waals surface area contributed by atoms with Crippen molar-refractivity contribution < 1.29 is 9.53 Å². The summed E-state index contributed by atoms with van der Waals surface area (Å²) >= 11 is 0. The second-order valence-corrected chi connectivity index (χ2v) is 8.62. The van der Waals surface area contributed by atoms with Gasteiger partial charge >= 0.3 is 0 Å². The van der Waals surface area contributed by atoms with Crippen molar-refractivity contribution in [2.75, 3.05) is 19.7 Å². The molecule has 1 aliphatic rings. The monoisotopic (exact) mass is 458 g/mol. The van der Waals surface area contributed by atoms with Gasteiger partial charge in [-0.2, -0.15) is 0 Å². The number of aromatic nitrogens is 5. The molecule has 2 aromatic carbocycles. The van der Waals surface area contributed by atoms with Gasteiger partial charge in [-0.25, -0.2) is 9.67 Å². The number of aryl methyl sites for hydroxylation is 1. The van der Waals surface area contributed by atoms with Gasteiger partial charge < -0.3 is 14.6 Å². The summed E-state index contributed by atoms with van der Waals surface area (Å²) in [6.07, 6.45) is 1.43. The van der Waals surface area contributed by atoms with Crippen LogP contribution in [-0.4, -0.2) is 55.5 Å². The SMILES string of the molecule is Cc1cccc(OCC(=O)N2CCC(c3nc4c(nnn4Cc4ccccc4)c(=O)[nH]3)CC2)c1. The molecule has 3 heterocycles.